The molecule has 0 spiro atoms. The van der Waals surface area contributed by atoms with Crippen molar-refractivity contribution in [2.24, 2.45) is 23.5 Å². The van der Waals surface area contributed by atoms with E-state index < -0.39 is 45.6 Å². The minimum Gasteiger partial charge on any atom is -0.370 e. The average Bonchev–Trinajstić information content (AvgIpc) is 2.98. The molecule has 0 atom stereocenters. The lowest BCUT2D eigenvalue weighted by atomic mass is 10.0. The molecule has 30 heavy (non-hydrogen) atoms. The number of guanidine groups is 1. The van der Waals surface area contributed by atoms with Crippen LogP contribution in [0, 0.1) is 0 Å². The molecule has 0 bridgehead atoms. The largest absolute Gasteiger partial charge is 0.416 e. The third kappa shape index (κ3) is 5.63. The standard InChI is InChI=1S/C15H16F6N6O2S/c1-27-11(6-25-13(22)23)24-7-12(27)30(28,29)26-5-8-2-9(14(16,17)18)4-10(3-8)15(19,20)21/h2-4,7,26H,5-6H2,1H3,(H4,22,23,25). The van der Waals surface area contributed by atoms with Gasteiger partial charge in [-0.05, 0) is 23.8 Å². The molecule has 1 heterocycles. The summed E-state index contributed by atoms with van der Waals surface area (Å²) in [5.41, 5.74) is 6.74. The molecule has 166 valence electrons. The van der Waals surface area contributed by atoms with Crippen LogP contribution in [0.3, 0.4) is 0 Å². The van der Waals surface area contributed by atoms with Gasteiger partial charge in [-0.15, -0.1) is 0 Å². The number of hydrogen-bond acceptors (Lipinski definition) is 4. The van der Waals surface area contributed by atoms with E-state index in [0.29, 0.717) is 12.1 Å². The molecule has 0 radical (unpaired) electrons. The van der Waals surface area contributed by atoms with Crippen molar-refractivity contribution < 1.29 is 34.8 Å². The summed E-state index contributed by atoms with van der Waals surface area (Å²) in [6, 6.07) is 0.825. The van der Waals surface area contributed by atoms with Crippen molar-refractivity contribution in [2.45, 2.75) is 30.5 Å². The zero-order valence-electron chi connectivity index (χ0n) is 15.2. The predicted octanol–water partition coefficient (Wildman–Crippen LogP) is 1.71. The topological polar surface area (TPSA) is 128 Å². The molecule has 1 aromatic heterocycles. The number of halogens is 6. The third-order valence-corrected chi connectivity index (χ3v) is 5.29. The quantitative estimate of drug-likeness (QED) is 0.345. The van der Waals surface area contributed by atoms with Crippen molar-refractivity contribution in [1.29, 1.82) is 0 Å². The van der Waals surface area contributed by atoms with Gasteiger partial charge in [0.25, 0.3) is 10.0 Å². The summed E-state index contributed by atoms with van der Waals surface area (Å²) in [6.45, 7) is -0.958. The highest BCUT2D eigenvalue weighted by Crippen LogP contribution is 2.36. The Morgan fingerprint density at radius 2 is 1.63 bits per heavy atom. The van der Waals surface area contributed by atoms with Crippen LogP contribution >= 0.6 is 0 Å². The first-order valence-corrected chi connectivity index (χ1v) is 9.43. The Morgan fingerprint density at radius 3 is 2.10 bits per heavy atom. The van der Waals surface area contributed by atoms with Gasteiger partial charge in [-0.3, -0.25) is 0 Å². The normalized spacial score (nSPS) is 12.8. The number of rotatable bonds is 6. The van der Waals surface area contributed by atoms with Crippen molar-refractivity contribution in [1.82, 2.24) is 14.3 Å². The molecule has 0 aliphatic heterocycles. The summed E-state index contributed by atoms with van der Waals surface area (Å²) in [5, 5.41) is -0.383. The van der Waals surface area contributed by atoms with Crippen molar-refractivity contribution >= 4 is 16.0 Å². The SMILES string of the molecule is Cn1c(S(=O)(=O)NCc2cc(C(F)(F)F)cc(C(F)(F)F)c2)cnc1CN=C(N)N. The molecule has 15 heteroatoms. The average molecular weight is 458 g/mol. The number of nitrogens with one attached hydrogen (secondary N) is 1. The van der Waals surface area contributed by atoms with E-state index in [1.807, 2.05) is 4.72 Å². The molecule has 2 aromatic rings. The number of alkyl halides is 6. The van der Waals surface area contributed by atoms with E-state index in [2.05, 4.69) is 9.98 Å². The second kappa shape index (κ2) is 8.14. The Balaban J connectivity index is 2.31. The summed E-state index contributed by atoms with van der Waals surface area (Å²) in [6.07, 6.45) is -9.14. The lowest BCUT2D eigenvalue weighted by Crippen LogP contribution is -2.26. The van der Waals surface area contributed by atoms with Gasteiger partial charge in [-0.2, -0.15) is 26.3 Å². The van der Waals surface area contributed by atoms with Crippen LogP contribution in [0.5, 0.6) is 0 Å². The van der Waals surface area contributed by atoms with E-state index >= 15 is 0 Å². The van der Waals surface area contributed by atoms with Gasteiger partial charge < -0.3 is 16.0 Å². The summed E-state index contributed by atoms with van der Waals surface area (Å²) in [5.74, 6) is -0.104. The highest BCUT2D eigenvalue weighted by Gasteiger charge is 2.37. The Labute approximate surface area is 166 Å². The minimum atomic E-state index is -5.04. The zero-order chi connectivity index (χ0) is 22.9. The number of aliphatic imine (C=N–C) groups is 1. The van der Waals surface area contributed by atoms with Gasteiger partial charge in [0.05, 0.1) is 17.3 Å². The van der Waals surface area contributed by atoms with E-state index in [0.717, 1.165) is 10.8 Å². The van der Waals surface area contributed by atoms with Crippen LogP contribution in [0.25, 0.3) is 0 Å². The van der Waals surface area contributed by atoms with Gasteiger partial charge >= 0.3 is 12.4 Å². The fraction of sp³-hybridized carbons (Fsp3) is 0.333. The molecule has 1 aromatic carbocycles. The van der Waals surface area contributed by atoms with Crippen LogP contribution < -0.4 is 16.2 Å². The third-order valence-electron chi connectivity index (χ3n) is 3.83. The number of nitrogens with zero attached hydrogens (tertiary/aromatic N) is 3. The predicted molar refractivity (Wildman–Crippen MR) is 93.2 cm³/mol. The van der Waals surface area contributed by atoms with Crippen LogP contribution in [0.4, 0.5) is 26.3 Å². The van der Waals surface area contributed by atoms with Gasteiger partial charge in [-0.1, -0.05) is 0 Å². The minimum absolute atomic E-state index is 0.0466. The Bertz CT molecular complexity index is 1020. The van der Waals surface area contributed by atoms with Gasteiger partial charge in [-0.25, -0.2) is 23.1 Å². The lowest BCUT2D eigenvalue weighted by molar-refractivity contribution is -0.143. The number of benzene rings is 1. The highest BCUT2D eigenvalue weighted by atomic mass is 32.2. The molecule has 8 nitrogen and oxygen atoms in total. The van der Waals surface area contributed by atoms with E-state index in [4.69, 9.17) is 11.5 Å². The monoisotopic (exact) mass is 458 g/mol. The summed E-state index contributed by atoms with van der Waals surface area (Å²) in [7, 11) is -3.00. The molecule has 0 saturated carbocycles. The van der Waals surface area contributed by atoms with Crippen LogP contribution in [0.2, 0.25) is 0 Å². The second-order valence-corrected chi connectivity index (χ2v) is 7.77. The highest BCUT2D eigenvalue weighted by molar-refractivity contribution is 7.89. The van der Waals surface area contributed by atoms with E-state index in [-0.39, 0.29) is 29.4 Å². The number of hydrogen-bond donors (Lipinski definition) is 3. The maximum atomic E-state index is 12.9. The van der Waals surface area contributed by atoms with Crippen LogP contribution in [0.1, 0.15) is 22.5 Å². The van der Waals surface area contributed by atoms with Crippen LogP contribution in [-0.2, 0) is 42.5 Å². The van der Waals surface area contributed by atoms with E-state index in [9.17, 15) is 34.8 Å². The number of sulfonamides is 1. The van der Waals surface area contributed by atoms with Gasteiger partial charge in [0, 0.05) is 13.6 Å². The zero-order valence-corrected chi connectivity index (χ0v) is 16.0. The molecular weight excluding hydrogens is 442 g/mol. The molecule has 5 N–H and O–H groups in total. The van der Waals surface area contributed by atoms with Crippen molar-refractivity contribution in [3.63, 3.8) is 0 Å². The first-order chi connectivity index (χ1) is 13.6. The summed E-state index contributed by atoms with van der Waals surface area (Å²) >= 11 is 0. The number of imidazole rings is 1. The van der Waals surface area contributed by atoms with Gasteiger partial charge in [0.1, 0.15) is 12.4 Å². The first kappa shape index (κ1) is 23.5. The second-order valence-electron chi connectivity index (χ2n) is 6.05. The lowest BCUT2D eigenvalue weighted by Gasteiger charge is -2.15. The Morgan fingerprint density at radius 1 is 1.10 bits per heavy atom. The summed E-state index contributed by atoms with van der Waals surface area (Å²) in [4.78, 5) is 7.50. The molecule has 0 unspecified atom stereocenters. The molecule has 0 aliphatic rings. The van der Waals surface area contributed by atoms with E-state index in [1.54, 1.807) is 0 Å². The Kier molecular flexibility index (Phi) is 6.37. The molecule has 2 rings (SSSR count). The van der Waals surface area contributed by atoms with Crippen molar-refractivity contribution in [3.8, 4) is 0 Å². The smallest absolute Gasteiger partial charge is 0.370 e. The van der Waals surface area contributed by atoms with Crippen molar-refractivity contribution in [2.75, 3.05) is 0 Å². The van der Waals surface area contributed by atoms with Gasteiger partial charge in [0.2, 0.25) is 0 Å². The molecular formula is C15H16F6N6O2S. The summed E-state index contributed by atoms with van der Waals surface area (Å²) < 4.78 is 105. The fourth-order valence-corrected chi connectivity index (χ4v) is 3.52. The number of nitrogens with two attached hydrogens (primary N) is 2. The maximum Gasteiger partial charge on any atom is 0.416 e. The van der Waals surface area contributed by atoms with Crippen LogP contribution in [0.15, 0.2) is 34.4 Å². The molecule has 0 aliphatic carbocycles. The Hall–Kier alpha value is -2.81. The fourth-order valence-electron chi connectivity index (χ4n) is 2.36. The van der Waals surface area contributed by atoms with E-state index in [1.165, 1.54) is 7.05 Å². The maximum absolute atomic E-state index is 12.9. The van der Waals surface area contributed by atoms with Gasteiger partial charge in [0.15, 0.2) is 11.0 Å². The molecule has 0 amide bonds. The number of aromatic nitrogens is 2. The van der Waals surface area contributed by atoms with Crippen molar-refractivity contribution in [3.05, 3.63) is 46.9 Å². The van der Waals surface area contributed by atoms with Crippen LogP contribution in [-0.4, -0.2) is 23.9 Å². The molecule has 0 saturated heterocycles. The first-order valence-electron chi connectivity index (χ1n) is 7.95. The molecule has 0 fully saturated rings.